The Kier molecular flexibility index (Phi) is 10.9. The van der Waals surface area contributed by atoms with Crippen molar-refractivity contribution in [1.29, 1.82) is 0 Å². The molecule has 8 heteroatoms. The molecule has 2 aromatic rings. The van der Waals surface area contributed by atoms with Crippen LogP contribution in [-0.2, 0) is 12.8 Å². The summed E-state index contributed by atoms with van der Waals surface area (Å²) in [6.07, 6.45) is 2.14. The van der Waals surface area contributed by atoms with Crippen molar-refractivity contribution in [2.45, 2.75) is 46.0 Å². The minimum atomic E-state index is -0.170. The summed E-state index contributed by atoms with van der Waals surface area (Å²) in [4.78, 5) is 8.90. The summed E-state index contributed by atoms with van der Waals surface area (Å²) in [6.45, 7) is 8.12. The summed E-state index contributed by atoms with van der Waals surface area (Å²) in [6, 6.07) is 6.83. The van der Waals surface area contributed by atoms with Gasteiger partial charge in [0.25, 0.3) is 0 Å². The molecule has 0 amide bonds. The smallest absolute Gasteiger partial charge is 0.226 e. The lowest BCUT2D eigenvalue weighted by atomic mass is 10.1. The fourth-order valence-corrected chi connectivity index (χ4v) is 2.38. The molecule has 6 nitrogen and oxygen atoms in total. The van der Waals surface area contributed by atoms with Crippen molar-refractivity contribution in [3.8, 4) is 0 Å². The van der Waals surface area contributed by atoms with Gasteiger partial charge in [-0.15, -0.1) is 24.0 Å². The van der Waals surface area contributed by atoms with Gasteiger partial charge in [0.1, 0.15) is 5.82 Å². The van der Waals surface area contributed by atoms with Gasteiger partial charge >= 0.3 is 0 Å². The number of nitrogens with one attached hydrogen (secondary N) is 2. The van der Waals surface area contributed by atoms with Crippen LogP contribution in [0.15, 0.2) is 33.8 Å². The topological polar surface area (TPSA) is 75.3 Å². The van der Waals surface area contributed by atoms with E-state index in [9.17, 15) is 4.39 Å². The predicted molar refractivity (Wildman–Crippen MR) is 116 cm³/mol. The van der Waals surface area contributed by atoms with Gasteiger partial charge < -0.3 is 15.2 Å². The van der Waals surface area contributed by atoms with Crippen molar-refractivity contribution in [2.24, 2.45) is 4.99 Å². The molecular formula is C19H29FIN5O. The van der Waals surface area contributed by atoms with Crippen LogP contribution in [0.5, 0.6) is 0 Å². The fourth-order valence-electron chi connectivity index (χ4n) is 2.38. The second kappa shape index (κ2) is 12.6. The maximum Gasteiger partial charge on any atom is 0.226 e. The van der Waals surface area contributed by atoms with E-state index in [1.165, 1.54) is 6.07 Å². The van der Waals surface area contributed by atoms with Crippen LogP contribution in [-0.4, -0.2) is 35.7 Å². The third-order valence-corrected chi connectivity index (χ3v) is 3.81. The Bertz CT molecular complexity index is 705. The van der Waals surface area contributed by atoms with Crippen LogP contribution in [0.1, 0.15) is 50.4 Å². The maximum atomic E-state index is 13.6. The van der Waals surface area contributed by atoms with Crippen molar-refractivity contribution >= 4 is 29.9 Å². The van der Waals surface area contributed by atoms with Gasteiger partial charge in [0.15, 0.2) is 11.8 Å². The van der Waals surface area contributed by atoms with Crippen molar-refractivity contribution in [3.05, 3.63) is 47.4 Å². The molecule has 2 N–H and O–H groups in total. The number of hydrogen-bond acceptors (Lipinski definition) is 4. The first-order valence-electron chi connectivity index (χ1n) is 9.18. The van der Waals surface area contributed by atoms with Crippen LogP contribution in [0.2, 0.25) is 0 Å². The number of nitrogens with zero attached hydrogens (tertiary/aromatic N) is 3. The SMILES string of the molecule is CCNC(=NCCCc1nc(C(C)C)no1)NCCc1ccccc1F.I. The van der Waals surface area contributed by atoms with Crippen molar-refractivity contribution in [1.82, 2.24) is 20.8 Å². The van der Waals surface area contributed by atoms with Gasteiger partial charge in [-0.1, -0.05) is 37.2 Å². The fraction of sp³-hybridized carbons (Fsp3) is 0.526. The maximum absolute atomic E-state index is 13.6. The molecule has 0 aliphatic carbocycles. The third kappa shape index (κ3) is 8.23. The molecule has 27 heavy (non-hydrogen) atoms. The molecule has 1 heterocycles. The number of hydrogen-bond donors (Lipinski definition) is 2. The molecule has 1 aromatic heterocycles. The van der Waals surface area contributed by atoms with Crippen LogP contribution in [0.4, 0.5) is 4.39 Å². The van der Waals surface area contributed by atoms with E-state index < -0.39 is 0 Å². The molecule has 0 fully saturated rings. The number of benzene rings is 1. The van der Waals surface area contributed by atoms with Gasteiger partial charge in [0.2, 0.25) is 5.89 Å². The average Bonchev–Trinajstić information content (AvgIpc) is 3.09. The minimum Gasteiger partial charge on any atom is -0.357 e. The number of aryl methyl sites for hydroxylation is 1. The van der Waals surface area contributed by atoms with E-state index in [-0.39, 0.29) is 35.7 Å². The Morgan fingerprint density at radius 2 is 2.00 bits per heavy atom. The quantitative estimate of drug-likeness (QED) is 0.243. The van der Waals surface area contributed by atoms with E-state index in [2.05, 4.69) is 25.8 Å². The Balaban J connectivity index is 0.00000364. The van der Waals surface area contributed by atoms with Gasteiger partial charge in [0, 0.05) is 32.0 Å². The highest BCUT2D eigenvalue weighted by atomic mass is 127. The Morgan fingerprint density at radius 1 is 1.22 bits per heavy atom. The van der Waals surface area contributed by atoms with E-state index in [4.69, 9.17) is 4.52 Å². The second-order valence-corrected chi connectivity index (χ2v) is 6.33. The number of guanidine groups is 1. The van der Waals surface area contributed by atoms with Crippen molar-refractivity contribution in [3.63, 3.8) is 0 Å². The predicted octanol–water partition coefficient (Wildman–Crippen LogP) is 3.68. The largest absolute Gasteiger partial charge is 0.357 e. The number of rotatable bonds is 9. The number of aliphatic imine (C=N–C) groups is 1. The van der Waals surface area contributed by atoms with Crippen molar-refractivity contribution in [2.75, 3.05) is 19.6 Å². The van der Waals surface area contributed by atoms with Crippen LogP contribution >= 0.6 is 24.0 Å². The molecule has 0 unspecified atom stereocenters. The Labute approximate surface area is 177 Å². The highest BCUT2D eigenvalue weighted by Crippen LogP contribution is 2.10. The molecule has 0 aliphatic heterocycles. The van der Waals surface area contributed by atoms with Crippen molar-refractivity contribution < 1.29 is 8.91 Å². The first-order valence-corrected chi connectivity index (χ1v) is 9.18. The first kappa shape index (κ1) is 23.3. The molecule has 2 rings (SSSR count). The van der Waals surface area contributed by atoms with Gasteiger partial charge in [0.05, 0.1) is 0 Å². The molecule has 0 bridgehead atoms. The van der Waals surface area contributed by atoms with Gasteiger partial charge in [-0.25, -0.2) is 4.39 Å². The van der Waals surface area contributed by atoms with E-state index in [1.54, 1.807) is 12.1 Å². The summed E-state index contributed by atoms with van der Waals surface area (Å²) in [5.41, 5.74) is 0.702. The van der Waals surface area contributed by atoms with E-state index >= 15 is 0 Å². The van der Waals surface area contributed by atoms with E-state index in [1.807, 2.05) is 26.8 Å². The number of halogens is 2. The highest BCUT2D eigenvalue weighted by Gasteiger charge is 2.09. The summed E-state index contributed by atoms with van der Waals surface area (Å²) < 4.78 is 18.9. The monoisotopic (exact) mass is 489 g/mol. The lowest BCUT2D eigenvalue weighted by Gasteiger charge is -2.11. The zero-order valence-electron chi connectivity index (χ0n) is 16.2. The van der Waals surface area contributed by atoms with Gasteiger partial charge in [-0.3, -0.25) is 4.99 Å². The average molecular weight is 489 g/mol. The molecule has 0 saturated heterocycles. The molecule has 0 spiro atoms. The van der Waals surface area contributed by atoms with Crippen LogP contribution in [0.25, 0.3) is 0 Å². The normalized spacial score (nSPS) is 11.4. The number of aromatic nitrogens is 2. The molecule has 0 saturated carbocycles. The molecular weight excluding hydrogens is 460 g/mol. The third-order valence-electron chi connectivity index (χ3n) is 3.81. The highest BCUT2D eigenvalue weighted by molar-refractivity contribution is 14.0. The van der Waals surface area contributed by atoms with E-state index in [0.29, 0.717) is 37.4 Å². The Hall–Kier alpha value is -1.71. The van der Waals surface area contributed by atoms with E-state index in [0.717, 1.165) is 24.7 Å². The summed E-state index contributed by atoms with van der Waals surface area (Å²) in [5, 5.41) is 10.4. The molecule has 0 atom stereocenters. The molecule has 1 aromatic carbocycles. The zero-order valence-corrected chi connectivity index (χ0v) is 18.5. The molecule has 150 valence electrons. The lowest BCUT2D eigenvalue weighted by molar-refractivity contribution is 0.369. The lowest BCUT2D eigenvalue weighted by Crippen LogP contribution is -2.38. The van der Waals surface area contributed by atoms with Gasteiger partial charge in [-0.2, -0.15) is 4.98 Å². The van der Waals surface area contributed by atoms with Crippen LogP contribution in [0.3, 0.4) is 0 Å². The standard InChI is InChI=1S/C19H28FN5O.HI/c1-4-21-19(23-13-11-15-8-5-6-9-16(15)20)22-12-7-10-17-24-18(14(2)3)25-26-17;/h5-6,8-9,14H,4,7,10-13H2,1-3H3,(H2,21,22,23);1H. The summed E-state index contributed by atoms with van der Waals surface area (Å²) in [5.74, 6) is 2.23. The molecule has 0 aliphatic rings. The Morgan fingerprint density at radius 3 is 2.67 bits per heavy atom. The van der Waals surface area contributed by atoms with Gasteiger partial charge in [-0.05, 0) is 31.4 Å². The van der Waals surface area contributed by atoms with Crippen LogP contribution < -0.4 is 10.6 Å². The van der Waals surface area contributed by atoms with Crippen LogP contribution in [0, 0.1) is 5.82 Å². The summed E-state index contributed by atoms with van der Waals surface area (Å²) in [7, 11) is 0. The summed E-state index contributed by atoms with van der Waals surface area (Å²) >= 11 is 0. The second-order valence-electron chi connectivity index (χ2n) is 6.33. The molecule has 0 radical (unpaired) electrons. The zero-order chi connectivity index (χ0) is 18.8. The first-order chi connectivity index (χ1) is 12.6. The minimum absolute atomic E-state index is 0.